The Kier molecular flexibility index (Phi) is 5.94. The fourth-order valence-electron chi connectivity index (χ4n) is 1.96. The Morgan fingerprint density at radius 3 is 2.23 bits per heavy atom. The van der Waals surface area contributed by atoms with Crippen molar-refractivity contribution in [3.8, 4) is 5.75 Å². The topological polar surface area (TPSA) is 89.1 Å². The lowest BCUT2D eigenvalue weighted by molar-refractivity contribution is -0.137. The zero-order valence-electron chi connectivity index (χ0n) is 13.6. The largest absolute Gasteiger partial charge is 0.497 e. The molecule has 2 rings (SSSR count). The normalized spacial score (nSPS) is 12.2. The molecule has 0 amide bonds. The molecule has 0 radical (unpaired) electrons. The van der Waals surface area contributed by atoms with Gasteiger partial charge in [0.1, 0.15) is 5.75 Å². The van der Waals surface area contributed by atoms with Crippen molar-refractivity contribution in [2.24, 2.45) is 16.0 Å². The molecule has 2 aromatic carbocycles. The number of hydrogen-bond acceptors (Lipinski definition) is 6. The number of carbonyl (C=O) groups excluding carboxylic acids is 1. The summed E-state index contributed by atoms with van der Waals surface area (Å²) in [7, 11) is 1.50. The van der Waals surface area contributed by atoms with Crippen LogP contribution in [0.25, 0.3) is 0 Å². The SMILES string of the molecule is COc1ccc(C(=O)C(/C=N/N)=N\Nc2ccc(C(F)(F)F)cc2)cc1. The third kappa shape index (κ3) is 4.82. The Bertz CT molecular complexity index is 813. The third-order valence-electron chi connectivity index (χ3n) is 3.30. The highest BCUT2D eigenvalue weighted by Crippen LogP contribution is 2.29. The Hall–Kier alpha value is -3.36. The van der Waals surface area contributed by atoms with E-state index < -0.39 is 17.5 Å². The molecule has 0 unspecified atom stereocenters. The zero-order valence-corrected chi connectivity index (χ0v) is 13.6. The summed E-state index contributed by atoms with van der Waals surface area (Å²) in [4.78, 5) is 12.4. The Morgan fingerprint density at radius 2 is 1.73 bits per heavy atom. The monoisotopic (exact) mass is 364 g/mol. The molecular formula is C17H15F3N4O2. The maximum atomic E-state index is 12.5. The molecule has 6 nitrogen and oxygen atoms in total. The number of hydrazone groups is 2. The molecule has 26 heavy (non-hydrogen) atoms. The van der Waals surface area contributed by atoms with E-state index in [1.165, 1.54) is 19.2 Å². The number of hydrogen-bond donors (Lipinski definition) is 2. The Morgan fingerprint density at radius 1 is 1.12 bits per heavy atom. The number of carbonyl (C=O) groups is 1. The lowest BCUT2D eigenvalue weighted by atomic mass is 10.1. The molecule has 0 atom stereocenters. The van der Waals surface area contributed by atoms with E-state index in [0.29, 0.717) is 11.3 Å². The fraction of sp³-hybridized carbons (Fsp3) is 0.118. The lowest BCUT2D eigenvalue weighted by Crippen LogP contribution is -2.18. The molecule has 0 spiro atoms. The number of methoxy groups -OCH3 is 1. The number of Topliss-reactive ketones (excluding diaryl/α,β-unsaturated/α-hetero) is 1. The molecule has 2 aromatic rings. The maximum absolute atomic E-state index is 12.5. The van der Waals surface area contributed by atoms with E-state index in [-0.39, 0.29) is 11.4 Å². The number of nitrogens with two attached hydrogens (primary N) is 1. The standard InChI is InChI=1S/C17H15F3N4O2/c1-26-14-8-2-11(3-9-14)16(25)15(10-22-21)24-23-13-6-4-12(5-7-13)17(18,19)20/h2-10,23H,21H2,1H3/b22-10+,24-15-. The van der Waals surface area contributed by atoms with Crippen molar-refractivity contribution in [1.82, 2.24) is 0 Å². The van der Waals surface area contributed by atoms with Crippen LogP contribution in [0, 0.1) is 0 Å². The van der Waals surface area contributed by atoms with Crippen molar-refractivity contribution in [3.63, 3.8) is 0 Å². The van der Waals surface area contributed by atoms with Gasteiger partial charge in [-0.15, -0.1) is 0 Å². The molecule has 0 fully saturated rings. The number of nitrogens with one attached hydrogen (secondary N) is 1. The first-order chi connectivity index (χ1) is 12.3. The van der Waals surface area contributed by atoms with Crippen molar-refractivity contribution in [3.05, 3.63) is 59.7 Å². The molecule has 136 valence electrons. The quantitative estimate of drug-likeness (QED) is 0.356. The molecule has 0 saturated carbocycles. The van der Waals surface area contributed by atoms with Gasteiger partial charge in [0.25, 0.3) is 0 Å². The van der Waals surface area contributed by atoms with E-state index in [1.54, 1.807) is 24.3 Å². The average Bonchev–Trinajstić information content (AvgIpc) is 2.64. The van der Waals surface area contributed by atoms with Gasteiger partial charge in [0.2, 0.25) is 5.78 Å². The maximum Gasteiger partial charge on any atom is 0.416 e. The van der Waals surface area contributed by atoms with Gasteiger partial charge in [0, 0.05) is 5.56 Å². The van der Waals surface area contributed by atoms with Crippen LogP contribution in [-0.2, 0) is 6.18 Å². The highest BCUT2D eigenvalue weighted by Gasteiger charge is 2.29. The van der Waals surface area contributed by atoms with Crippen LogP contribution in [0.2, 0.25) is 0 Å². The number of ether oxygens (including phenoxy) is 1. The second kappa shape index (κ2) is 8.15. The summed E-state index contributed by atoms with van der Waals surface area (Å²) in [6, 6.07) is 10.5. The average molecular weight is 364 g/mol. The van der Waals surface area contributed by atoms with Gasteiger partial charge in [-0.2, -0.15) is 23.4 Å². The zero-order chi connectivity index (χ0) is 19.2. The number of rotatable bonds is 6. The summed E-state index contributed by atoms with van der Waals surface area (Å²) in [6.45, 7) is 0. The summed E-state index contributed by atoms with van der Waals surface area (Å²) < 4.78 is 42.7. The third-order valence-corrected chi connectivity index (χ3v) is 3.30. The fourth-order valence-corrected chi connectivity index (χ4v) is 1.96. The van der Waals surface area contributed by atoms with Crippen LogP contribution in [-0.4, -0.2) is 24.8 Å². The second-order valence-corrected chi connectivity index (χ2v) is 5.02. The van der Waals surface area contributed by atoms with Crippen LogP contribution in [0.15, 0.2) is 58.7 Å². The number of nitrogens with zero attached hydrogens (tertiary/aromatic N) is 2. The van der Waals surface area contributed by atoms with Crippen molar-refractivity contribution in [2.75, 3.05) is 12.5 Å². The molecule has 0 aromatic heterocycles. The van der Waals surface area contributed by atoms with Gasteiger partial charge in [-0.3, -0.25) is 10.2 Å². The van der Waals surface area contributed by atoms with Crippen LogP contribution in [0.3, 0.4) is 0 Å². The highest BCUT2D eigenvalue weighted by atomic mass is 19.4. The van der Waals surface area contributed by atoms with Crippen LogP contribution >= 0.6 is 0 Å². The Balaban J connectivity index is 2.19. The molecular weight excluding hydrogens is 349 g/mol. The number of ketones is 1. The van der Waals surface area contributed by atoms with Gasteiger partial charge < -0.3 is 10.6 Å². The predicted molar refractivity (Wildman–Crippen MR) is 92.5 cm³/mol. The lowest BCUT2D eigenvalue weighted by Gasteiger charge is -2.08. The van der Waals surface area contributed by atoms with Gasteiger partial charge in [0.15, 0.2) is 5.71 Å². The predicted octanol–water partition coefficient (Wildman–Crippen LogP) is 3.31. The van der Waals surface area contributed by atoms with E-state index in [2.05, 4.69) is 15.6 Å². The van der Waals surface area contributed by atoms with E-state index in [1.807, 2.05) is 0 Å². The number of benzene rings is 2. The number of alkyl halides is 3. The second-order valence-electron chi connectivity index (χ2n) is 5.02. The summed E-state index contributed by atoms with van der Waals surface area (Å²) >= 11 is 0. The van der Waals surface area contributed by atoms with Gasteiger partial charge in [-0.25, -0.2) is 0 Å². The molecule has 0 aliphatic rings. The Labute approximate surface area is 147 Å². The molecule has 0 heterocycles. The minimum Gasteiger partial charge on any atom is -0.497 e. The van der Waals surface area contributed by atoms with Gasteiger partial charge in [-0.1, -0.05) is 0 Å². The molecule has 0 bridgehead atoms. The molecule has 0 aliphatic carbocycles. The van der Waals surface area contributed by atoms with E-state index in [0.717, 1.165) is 18.3 Å². The summed E-state index contributed by atoms with van der Waals surface area (Å²) in [5.41, 5.74) is 2.19. The molecule has 9 heteroatoms. The first-order valence-electron chi connectivity index (χ1n) is 7.28. The first-order valence-corrected chi connectivity index (χ1v) is 7.28. The van der Waals surface area contributed by atoms with Gasteiger partial charge >= 0.3 is 6.18 Å². The number of halogens is 3. The van der Waals surface area contributed by atoms with Gasteiger partial charge in [0.05, 0.1) is 24.6 Å². The van der Waals surface area contributed by atoms with Crippen LogP contribution in [0.1, 0.15) is 15.9 Å². The van der Waals surface area contributed by atoms with Crippen LogP contribution in [0.4, 0.5) is 18.9 Å². The van der Waals surface area contributed by atoms with E-state index in [4.69, 9.17) is 10.6 Å². The first kappa shape index (κ1) is 19.0. The minimum atomic E-state index is -4.43. The highest BCUT2D eigenvalue weighted by molar-refractivity contribution is 6.64. The summed E-state index contributed by atoms with van der Waals surface area (Å²) in [5, 5.41) is 7.15. The van der Waals surface area contributed by atoms with E-state index >= 15 is 0 Å². The minimum absolute atomic E-state index is 0.113. The van der Waals surface area contributed by atoms with Gasteiger partial charge in [-0.05, 0) is 48.5 Å². The van der Waals surface area contributed by atoms with E-state index in [9.17, 15) is 18.0 Å². The van der Waals surface area contributed by atoms with Crippen molar-refractivity contribution in [1.29, 1.82) is 0 Å². The molecule has 0 aliphatic heterocycles. The van der Waals surface area contributed by atoms with Crippen molar-refractivity contribution < 1.29 is 22.7 Å². The summed E-state index contributed by atoms with van der Waals surface area (Å²) in [5.74, 6) is 5.20. The molecule has 0 saturated heterocycles. The van der Waals surface area contributed by atoms with Crippen molar-refractivity contribution in [2.45, 2.75) is 6.18 Å². The smallest absolute Gasteiger partial charge is 0.416 e. The summed E-state index contributed by atoms with van der Waals surface area (Å²) in [6.07, 6.45) is -3.38. The van der Waals surface area contributed by atoms with Crippen molar-refractivity contribution >= 4 is 23.4 Å². The number of anilines is 1. The van der Waals surface area contributed by atoms with Crippen LogP contribution < -0.4 is 16.0 Å². The molecule has 3 N–H and O–H groups in total. The van der Waals surface area contributed by atoms with Crippen LogP contribution in [0.5, 0.6) is 5.75 Å².